The number of hydrogen-bond donors (Lipinski definition) is 3. The molecule has 1 fully saturated rings. The van der Waals surface area contributed by atoms with Crippen molar-refractivity contribution in [2.45, 2.75) is 37.8 Å². The largest absolute Gasteiger partial charge is 0.480 e. The summed E-state index contributed by atoms with van der Waals surface area (Å²) in [7, 11) is 1.49. The summed E-state index contributed by atoms with van der Waals surface area (Å²) >= 11 is 0. The molecule has 1 saturated carbocycles. The minimum absolute atomic E-state index is 0.146. The number of amides is 1. The molecule has 0 saturated heterocycles. The predicted molar refractivity (Wildman–Crippen MR) is 61.4 cm³/mol. The maximum atomic E-state index is 11.6. The number of carboxylic acid groups (broad SMARTS) is 1. The zero-order valence-electron chi connectivity index (χ0n) is 10.0. The number of nitrogens with one attached hydrogen (secondary N) is 1. The van der Waals surface area contributed by atoms with E-state index in [-0.39, 0.29) is 24.8 Å². The van der Waals surface area contributed by atoms with Gasteiger partial charge in [0.1, 0.15) is 6.04 Å². The van der Waals surface area contributed by atoms with Gasteiger partial charge in [0.25, 0.3) is 0 Å². The lowest BCUT2D eigenvalue weighted by molar-refractivity contribution is -0.142. The maximum absolute atomic E-state index is 11.6. The molecule has 98 valence electrons. The van der Waals surface area contributed by atoms with Crippen LogP contribution in [-0.2, 0) is 14.3 Å². The summed E-state index contributed by atoms with van der Waals surface area (Å²) in [6.45, 7) is 0.298. The molecule has 1 amide bonds. The van der Waals surface area contributed by atoms with E-state index in [9.17, 15) is 9.59 Å². The van der Waals surface area contributed by atoms with Gasteiger partial charge in [0.05, 0.1) is 0 Å². The van der Waals surface area contributed by atoms with E-state index in [0.29, 0.717) is 12.5 Å². The van der Waals surface area contributed by atoms with Crippen molar-refractivity contribution in [2.75, 3.05) is 13.7 Å². The summed E-state index contributed by atoms with van der Waals surface area (Å²) in [4.78, 5) is 22.4. The van der Waals surface area contributed by atoms with Crippen molar-refractivity contribution in [3.63, 3.8) is 0 Å². The van der Waals surface area contributed by atoms with Gasteiger partial charge in [-0.15, -0.1) is 0 Å². The molecule has 17 heavy (non-hydrogen) atoms. The Balaban J connectivity index is 2.31. The zero-order chi connectivity index (χ0) is 12.8. The number of nitrogens with two attached hydrogens (primary N) is 1. The molecule has 0 aliphatic heterocycles. The lowest BCUT2D eigenvalue weighted by Crippen LogP contribution is -2.43. The van der Waals surface area contributed by atoms with Crippen LogP contribution in [-0.4, -0.2) is 42.8 Å². The Morgan fingerprint density at radius 1 is 1.53 bits per heavy atom. The normalized spacial score (nSPS) is 18.5. The van der Waals surface area contributed by atoms with Gasteiger partial charge < -0.3 is 20.9 Å². The van der Waals surface area contributed by atoms with Crippen molar-refractivity contribution in [3.05, 3.63) is 0 Å². The van der Waals surface area contributed by atoms with Gasteiger partial charge in [-0.05, 0) is 18.8 Å². The molecule has 0 bridgehead atoms. The lowest BCUT2D eigenvalue weighted by atomic mass is 10.1. The van der Waals surface area contributed by atoms with Crippen LogP contribution in [0.15, 0.2) is 0 Å². The molecule has 1 rings (SSSR count). The van der Waals surface area contributed by atoms with Gasteiger partial charge in [-0.2, -0.15) is 0 Å². The number of rotatable bonds is 8. The summed E-state index contributed by atoms with van der Waals surface area (Å²) in [5.41, 5.74) is 5.80. The molecular formula is C11H20N2O4. The average molecular weight is 244 g/mol. The van der Waals surface area contributed by atoms with Crippen molar-refractivity contribution < 1.29 is 19.4 Å². The van der Waals surface area contributed by atoms with E-state index in [2.05, 4.69) is 5.32 Å². The Hall–Kier alpha value is -1.14. The molecule has 1 aliphatic rings. The van der Waals surface area contributed by atoms with Crippen molar-refractivity contribution in [2.24, 2.45) is 11.7 Å². The summed E-state index contributed by atoms with van der Waals surface area (Å²) < 4.78 is 4.79. The third-order valence-corrected chi connectivity index (χ3v) is 2.89. The van der Waals surface area contributed by atoms with Crippen molar-refractivity contribution in [1.82, 2.24) is 5.32 Å². The van der Waals surface area contributed by atoms with Crippen molar-refractivity contribution in [3.8, 4) is 0 Å². The number of methoxy groups -OCH3 is 1. The smallest absolute Gasteiger partial charge is 0.326 e. The first-order valence-electron chi connectivity index (χ1n) is 5.81. The number of ether oxygens (including phenoxy) is 1. The minimum atomic E-state index is -1.05. The monoisotopic (exact) mass is 244 g/mol. The van der Waals surface area contributed by atoms with E-state index in [0.717, 1.165) is 12.8 Å². The topological polar surface area (TPSA) is 102 Å². The molecule has 0 aromatic heterocycles. The van der Waals surface area contributed by atoms with Gasteiger partial charge in [-0.25, -0.2) is 4.79 Å². The van der Waals surface area contributed by atoms with E-state index in [1.807, 2.05) is 0 Å². The van der Waals surface area contributed by atoms with Crippen LogP contribution in [0.25, 0.3) is 0 Å². The zero-order valence-corrected chi connectivity index (χ0v) is 10.0. The second-order valence-corrected chi connectivity index (χ2v) is 4.45. The minimum Gasteiger partial charge on any atom is -0.480 e. The van der Waals surface area contributed by atoms with Crippen LogP contribution in [0, 0.1) is 5.92 Å². The van der Waals surface area contributed by atoms with Crippen LogP contribution in [0.1, 0.15) is 25.7 Å². The first-order chi connectivity index (χ1) is 8.04. The van der Waals surface area contributed by atoms with Gasteiger partial charge in [-0.1, -0.05) is 0 Å². The van der Waals surface area contributed by atoms with Crippen LogP contribution >= 0.6 is 0 Å². The molecule has 6 nitrogen and oxygen atoms in total. The summed E-state index contributed by atoms with van der Waals surface area (Å²) in [5, 5.41) is 11.4. The number of carbonyl (C=O) groups is 2. The molecule has 0 aromatic rings. The highest BCUT2D eigenvalue weighted by Crippen LogP contribution is 2.32. The fourth-order valence-electron chi connectivity index (χ4n) is 1.65. The molecule has 4 N–H and O–H groups in total. The Labute approximate surface area is 101 Å². The van der Waals surface area contributed by atoms with E-state index in [4.69, 9.17) is 15.6 Å². The van der Waals surface area contributed by atoms with E-state index >= 15 is 0 Å². The van der Waals surface area contributed by atoms with Crippen LogP contribution in [0.4, 0.5) is 0 Å². The van der Waals surface area contributed by atoms with Crippen LogP contribution in [0.3, 0.4) is 0 Å². The van der Waals surface area contributed by atoms with Crippen LogP contribution < -0.4 is 11.1 Å². The Morgan fingerprint density at radius 3 is 2.65 bits per heavy atom. The SMILES string of the molecule is COCCC(NC(=O)CC(N)C1CC1)C(=O)O. The average Bonchev–Trinajstić information content (AvgIpc) is 3.07. The van der Waals surface area contributed by atoms with Gasteiger partial charge in [0.2, 0.25) is 5.91 Å². The first-order valence-corrected chi connectivity index (χ1v) is 5.81. The third kappa shape index (κ3) is 5.14. The molecular weight excluding hydrogens is 224 g/mol. The number of hydrogen-bond acceptors (Lipinski definition) is 4. The standard InChI is InChI=1S/C11H20N2O4/c1-17-5-4-9(11(15)16)13-10(14)6-8(12)7-2-3-7/h7-9H,2-6,12H2,1H3,(H,13,14)(H,15,16). The molecule has 0 heterocycles. The number of carboxylic acids is 1. The van der Waals surface area contributed by atoms with Crippen LogP contribution in [0.5, 0.6) is 0 Å². The lowest BCUT2D eigenvalue weighted by Gasteiger charge is -2.16. The predicted octanol–water partition coefficient (Wildman–Crippen LogP) is -0.280. The van der Waals surface area contributed by atoms with Gasteiger partial charge >= 0.3 is 5.97 Å². The Bertz CT molecular complexity index is 279. The van der Waals surface area contributed by atoms with Crippen molar-refractivity contribution >= 4 is 11.9 Å². The molecule has 2 unspecified atom stereocenters. The Morgan fingerprint density at radius 2 is 2.18 bits per heavy atom. The van der Waals surface area contributed by atoms with Crippen molar-refractivity contribution in [1.29, 1.82) is 0 Å². The first kappa shape index (κ1) is 13.9. The Kier molecular flexibility index (Phi) is 5.37. The van der Waals surface area contributed by atoms with E-state index < -0.39 is 12.0 Å². The highest BCUT2D eigenvalue weighted by atomic mass is 16.5. The van der Waals surface area contributed by atoms with E-state index in [1.165, 1.54) is 7.11 Å². The maximum Gasteiger partial charge on any atom is 0.326 e. The van der Waals surface area contributed by atoms with E-state index in [1.54, 1.807) is 0 Å². The van der Waals surface area contributed by atoms with Gasteiger partial charge in [-0.3, -0.25) is 4.79 Å². The van der Waals surface area contributed by atoms with Gasteiger partial charge in [0, 0.05) is 32.6 Å². The van der Waals surface area contributed by atoms with Crippen LogP contribution in [0.2, 0.25) is 0 Å². The quantitative estimate of drug-likeness (QED) is 0.545. The van der Waals surface area contributed by atoms with Gasteiger partial charge in [0.15, 0.2) is 0 Å². The number of aliphatic carboxylic acids is 1. The molecule has 0 radical (unpaired) electrons. The third-order valence-electron chi connectivity index (χ3n) is 2.89. The summed E-state index contributed by atoms with van der Waals surface area (Å²) in [6.07, 6.45) is 2.60. The molecule has 6 heteroatoms. The summed E-state index contributed by atoms with van der Waals surface area (Å²) in [6, 6.07) is -1.04. The molecule has 2 atom stereocenters. The fraction of sp³-hybridized carbons (Fsp3) is 0.818. The second-order valence-electron chi connectivity index (χ2n) is 4.45. The molecule has 0 spiro atoms. The molecule has 1 aliphatic carbocycles. The molecule has 0 aromatic carbocycles. The second kappa shape index (κ2) is 6.56. The fourth-order valence-corrected chi connectivity index (χ4v) is 1.65. The summed E-state index contributed by atoms with van der Waals surface area (Å²) in [5.74, 6) is -0.911. The highest BCUT2D eigenvalue weighted by molar-refractivity contribution is 5.83. The highest BCUT2D eigenvalue weighted by Gasteiger charge is 2.30. The number of carbonyl (C=O) groups excluding carboxylic acids is 1.